The third-order valence-corrected chi connectivity index (χ3v) is 4.19. The van der Waals surface area contributed by atoms with Crippen LogP contribution in [0.1, 0.15) is 16.9 Å². The maximum Gasteiger partial charge on any atom is 0.259 e. The van der Waals surface area contributed by atoms with E-state index < -0.39 is 23.4 Å². The summed E-state index contributed by atoms with van der Waals surface area (Å²) in [5, 5.41) is 0. The molecular weight excluding hydrogens is 343 g/mol. The van der Waals surface area contributed by atoms with Crippen molar-refractivity contribution in [3.63, 3.8) is 0 Å². The van der Waals surface area contributed by atoms with Crippen LogP contribution < -0.4 is 4.90 Å². The Labute approximate surface area is 147 Å². The van der Waals surface area contributed by atoms with Gasteiger partial charge in [0.25, 0.3) is 5.91 Å². The molecule has 6 heteroatoms. The summed E-state index contributed by atoms with van der Waals surface area (Å²) in [4.78, 5) is 14.0. The zero-order chi connectivity index (χ0) is 18.3. The summed E-state index contributed by atoms with van der Waals surface area (Å²) in [5.74, 6) is -4.53. The van der Waals surface area contributed by atoms with E-state index in [9.17, 15) is 18.0 Å². The molecule has 1 aliphatic heterocycles. The van der Waals surface area contributed by atoms with E-state index in [0.717, 1.165) is 16.5 Å². The Bertz CT molecular complexity index is 1010. The van der Waals surface area contributed by atoms with Crippen molar-refractivity contribution in [2.24, 2.45) is 0 Å². The number of hydrogen-bond donors (Lipinski definition) is 0. The molecule has 0 atom stereocenters. The molecule has 0 saturated heterocycles. The first-order valence-electron chi connectivity index (χ1n) is 7.85. The average molecular weight is 355 g/mol. The van der Waals surface area contributed by atoms with Crippen LogP contribution in [0, 0.1) is 17.5 Å². The number of carbonyl (C=O) groups is 1. The van der Waals surface area contributed by atoms with Crippen molar-refractivity contribution < 1.29 is 22.4 Å². The van der Waals surface area contributed by atoms with Crippen LogP contribution in [-0.4, -0.2) is 5.91 Å². The van der Waals surface area contributed by atoms with Gasteiger partial charge in [-0.3, -0.25) is 4.79 Å². The average Bonchev–Trinajstić information content (AvgIpc) is 3.24. The standard InChI is InChI=1S/C20H12F3NO2/c21-16-10-14-15(9-13-7-4-8-26-13)20(25)24(19(14)18(23)17(16)22)11-12-5-2-1-3-6-12/h1-10H,11H2/b15-9-. The SMILES string of the molecule is O=C1/C(=C\c2ccco2)c2cc(F)c(F)c(F)c2N1Cc1ccccc1. The van der Waals surface area contributed by atoms with E-state index in [4.69, 9.17) is 4.42 Å². The maximum absolute atomic E-state index is 14.5. The summed E-state index contributed by atoms with van der Waals surface area (Å²) in [6, 6.07) is 13.0. The molecule has 1 aromatic heterocycles. The number of hydrogen-bond acceptors (Lipinski definition) is 2. The lowest BCUT2D eigenvalue weighted by Gasteiger charge is -2.18. The fraction of sp³-hybridized carbons (Fsp3) is 0.0500. The summed E-state index contributed by atoms with van der Waals surface area (Å²) in [6.45, 7) is 0.0319. The Kier molecular flexibility index (Phi) is 3.88. The van der Waals surface area contributed by atoms with Gasteiger partial charge in [0.1, 0.15) is 5.76 Å². The van der Waals surface area contributed by atoms with E-state index in [-0.39, 0.29) is 23.4 Å². The molecule has 0 N–H and O–H groups in total. The van der Waals surface area contributed by atoms with Gasteiger partial charge in [-0.1, -0.05) is 30.3 Å². The summed E-state index contributed by atoms with van der Waals surface area (Å²) in [7, 11) is 0. The Morgan fingerprint density at radius 1 is 1.00 bits per heavy atom. The molecule has 130 valence electrons. The van der Waals surface area contributed by atoms with Crippen molar-refractivity contribution in [1.82, 2.24) is 0 Å². The van der Waals surface area contributed by atoms with Crippen molar-refractivity contribution in [1.29, 1.82) is 0 Å². The Balaban J connectivity index is 1.88. The number of benzene rings is 2. The van der Waals surface area contributed by atoms with E-state index in [0.29, 0.717) is 5.76 Å². The molecule has 3 nitrogen and oxygen atoms in total. The number of amides is 1. The first-order valence-corrected chi connectivity index (χ1v) is 7.85. The van der Waals surface area contributed by atoms with Gasteiger partial charge in [-0.2, -0.15) is 0 Å². The van der Waals surface area contributed by atoms with Crippen LogP contribution in [0.25, 0.3) is 11.6 Å². The van der Waals surface area contributed by atoms with Gasteiger partial charge in [-0.05, 0) is 29.8 Å². The molecule has 1 amide bonds. The van der Waals surface area contributed by atoms with Crippen molar-refractivity contribution in [2.75, 3.05) is 4.90 Å². The topological polar surface area (TPSA) is 33.5 Å². The van der Waals surface area contributed by atoms with Gasteiger partial charge in [-0.25, -0.2) is 13.2 Å². The molecule has 26 heavy (non-hydrogen) atoms. The lowest BCUT2D eigenvalue weighted by molar-refractivity contribution is -0.113. The minimum absolute atomic E-state index is 0.00117. The molecule has 4 rings (SSSR count). The summed E-state index contributed by atoms with van der Waals surface area (Å²) < 4.78 is 47.2. The van der Waals surface area contributed by atoms with E-state index in [2.05, 4.69) is 0 Å². The first-order chi connectivity index (χ1) is 12.6. The minimum Gasteiger partial charge on any atom is -0.465 e. The molecular formula is C20H12F3NO2. The second-order valence-corrected chi connectivity index (χ2v) is 5.83. The zero-order valence-electron chi connectivity index (χ0n) is 13.4. The summed E-state index contributed by atoms with van der Waals surface area (Å²) >= 11 is 0. The van der Waals surface area contributed by atoms with E-state index in [1.165, 1.54) is 12.3 Å². The fourth-order valence-corrected chi connectivity index (χ4v) is 2.99. The van der Waals surface area contributed by atoms with Crippen molar-refractivity contribution >= 4 is 23.2 Å². The second kappa shape index (κ2) is 6.22. The van der Waals surface area contributed by atoms with Crippen LogP contribution in [0.3, 0.4) is 0 Å². The van der Waals surface area contributed by atoms with Crippen LogP contribution >= 0.6 is 0 Å². The zero-order valence-corrected chi connectivity index (χ0v) is 13.4. The lowest BCUT2D eigenvalue weighted by atomic mass is 10.1. The summed E-state index contributed by atoms with van der Waals surface area (Å²) in [5.41, 5.74) is 0.508. The smallest absolute Gasteiger partial charge is 0.259 e. The van der Waals surface area contributed by atoms with Crippen LogP contribution in [0.2, 0.25) is 0 Å². The molecule has 0 spiro atoms. The van der Waals surface area contributed by atoms with Gasteiger partial charge in [-0.15, -0.1) is 0 Å². The predicted octanol–water partition coefficient (Wildman–Crippen LogP) is 4.78. The highest BCUT2D eigenvalue weighted by molar-refractivity contribution is 6.35. The van der Waals surface area contributed by atoms with Gasteiger partial charge < -0.3 is 9.32 Å². The Morgan fingerprint density at radius 2 is 1.77 bits per heavy atom. The second-order valence-electron chi connectivity index (χ2n) is 5.83. The van der Waals surface area contributed by atoms with Crippen LogP contribution in [0.15, 0.2) is 59.2 Å². The van der Waals surface area contributed by atoms with E-state index in [1.807, 2.05) is 0 Å². The summed E-state index contributed by atoms with van der Waals surface area (Å²) in [6.07, 6.45) is 2.81. The molecule has 0 radical (unpaired) electrons. The quantitative estimate of drug-likeness (QED) is 0.500. The minimum atomic E-state index is -1.60. The van der Waals surface area contributed by atoms with Crippen molar-refractivity contribution in [3.8, 4) is 0 Å². The highest BCUT2D eigenvalue weighted by Crippen LogP contribution is 2.42. The number of furan rings is 1. The molecule has 0 unspecified atom stereocenters. The van der Waals surface area contributed by atoms with E-state index in [1.54, 1.807) is 42.5 Å². The fourth-order valence-electron chi connectivity index (χ4n) is 2.99. The van der Waals surface area contributed by atoms with Crippen LogP contribution in [0.4, 0.5) is 18.9 Å². The third-order valence-electron chi connectivity index (χ3n) is 4.19. The van der Waals surface area contributed by atoms with Crippen molar-refractivity contribution in [2.45, 2.75) is 6.54 Å². The molecule has 3 aromatic rings. The largest absolute Gasteiger partial charge is 0.465 e. The number of carbonyl (C=O) groups excluding carboxylic acids is 1. The Morgan fingerprint density at radius 3 is 2.46 bits per heavy atom. The monoisotopic (exact) mass is 355 g/mol. The van der Waals surface area contributed by atoms with Gasteiger partial charge in [0.15, 0.2) is 17.5 Å². The number of nitrogens with zero attached hydrogens (tertiary/aromatic N) is 1. The number of halogens is 3. The molecule has 1 aliphatic rings. The van der Waals surface area contributed by atoms with Crippen molar-refractivity contribution in [3.05, 3.63) is 89.1 Å². The first kappa shape index (κ1) is 16.2. The third kappa shape index (κ3) is 2.60. The van der Waals surface area contributed by atoms with Gasteiger partial charge in [0.05, 0.1) is 24.1 Å². The molecule has 2 aromatic carbocycles. The number of fused-ring (bicyclic) bond motifs is 1. The highest BCUT2D eigenvalue weighted by atomic mass is 19.2. The van der Waals surface area contributed by atoms with Gasteiger partial charge in [0.2, 0.25) is 0 Å². The molecule has 2 heterocycles. The van der Waals surface area contributed by atoms with E-state index >= 15 is 0 Å². The normalized spacial score (nSPS) is 15.0. The predicted molar refractivity (Wildman–Crippen MR) is 90.5 cm³/mol. The van der Waals surface area contributed by atoms with Gasteiger partial charge in [0, 0.05) is 5.56 Å². The molecule has 0 saturated carbocycles. The molecule has 0 fully saturated rings. The maximum atomic E-state index is 14.5. The Hall–Kier alpha value is -3.28. The van der Waals surface area contributed by atoms with Gasteiger partial charge >= 0.3 is 0 Å². The highest BCUT2D eigenvalue weighted by Gasteiger charge is 2.37. The molecule has 0 aliphatic carbocycles. The van der Waals surface area contributed by atoms with Crippen LogP contribution in [-0.2, 0) is 11.3 Å². The van der Waals surface area contributed by atoms with Crippen LogP contribution in [0.5, 0.6) is 0 Å². The number of anilines is 1. The number of rotatable bonds is 3. The molecule has 0 bridgehead atoms. The lowest BCUT2D eigenvalue weighted by Crippen LogP contribution is -2.26.